The van der Waals surface area contributed by atoms with Gasteiger partial charge in [-0.25, -0.2) is 0 Å². The average Bonchev–Trinajstić information content (AvgIpc) is 1.27. The van der Waals surface area contributed by atoms with Crippen LogP contribution in [0, 0.1) is 0 Å². The van der Waals surface area contributed by atoms with E-state index in [4.69, 9.17) is 33.7 Å². The summed E-state index contributed by atoms with van der Waals surface area (Å²) in [5, 5.41) is 0. The average molecular weight is 197 g/mol. The molecule has 0 aliphatic carbocycles. The predicted molar refractivity (Wildman–Crippen MR) is 39.8 cm³/mol. The Balaban J connectivity index is 3.45. The maximum atomic E-state index is 5.42. The second kappa shape index (κ2) is 4.30. The van der Waals surface area contributed by atoms with Crippen LogP contribution in [0.5, 0.6) is 0 Å². The largest absolute Gasteiger partial charge is 0.319 e. The molecule has 0 aliphatic rings. The molecule has 0 N–H and O–H groups in total. The predicted octanol–water partition coefficient (Wildman–Crippen LogP) is 4.14. The topological polar surface area (TPSA) is 12.4 Å². The highest BCUT2D eigenvalue weighted by Gasteiger charge is 2.02. The minimum atomic E-state index is -1.17. The van der Waals surface area contributed by atoms with E-state index in [2.05, 4.69) is 4.52 Å². The highest BCUT2D eigenvalue weighted by molar-refractivity contribution is 8.05. The van der Waals surface area contributed by atoms with Crippen molar-refractivity contribution < 1.29 is 0 Å². The molecule has 0 aromatic heterocycles. The Morgan fingerprint density at radius 1 is 1.57 bits per heavy atom. The molecule has 0 rings (SSSR count). The first-order chi connectivity index (χ1) is 3.13. The lowest BCUT2D eigenvalue weighted by molar-refractivity contribution is 2.04. The molecular formula is CH3Cl3NP2+. The third-order valence-corrected chi connectivity index (χ3v) is 3.54. The summed E-state index contributed by atoms with van der Waals surface area (Å²) in [5.74, 6) is 0. The van der Waals surface area contributed by atoms with Crippen molar-refractivity contribution in [3.05, 3.63) is 0 Å². The minimum absolute atomic E-state index is 0.778. The highest BCUT2D eigenvalue weighted by Crippen LogP contribution is 2.54. The molecule has 0 bridgehead atoms. The molecular weight excluding hydrogens is 194 g/mol. The third kappa shape index (κ3) is 7.40. The molecule has 0 amide bonds. The van der Waals surface area contributed by atoms with Gasteiger partial charge in [0.25, 0.3) is 6.78 Å². The highest BCUT2D eigenvalue weighted by atomic mass is 35.9. The van der Waals surface area contributed by atoms with Crippen LogP contribution < -0.4 is 0 Å². The number of hydrogen-bond acceptors (Lipinski definition) is 1. The van der Waals surface area contributed by atoms with Crippen LogP contribution in [0.15, 0.2) is 4.52 Å². The Morgan fingerprint density at radius 3 is 2.00 bits per heavy atom. The van der Waals surface area contributed by atoms with Gasteiger partial charge in [0.2, 0.25) is 0 Å². The van der Waals surface area contributed by atoms with Crippen LogP contribution in [0.2, 0.25) is 0 Å². The van der Waals surface area contributed by atoms with E-state index in [1.54, 1.807) is 6.66 Å². The Labute approximate surface area is 59.0 Å². The number of hydrogen-bond donors (Lipinski definition) is 0. The van der Waals surface area contributed by atoms with Gasteiger partial charge in [-0.1, -0.05) is 0 Å². The van der Waals surface area contributed by atoms with Crippen molar-refractivity contribution in [2.45, 2.75) is 0 Å². The van der Waals surface area contributed by atoms with Crippen molar-refractivity contribution in [2.24, 2.45) is 4.52 Å². The molecule has 1 nitrogen and oxygen atoms in total. The van der Waals surface area contributed by atoms with Crippen LogP contribution in [-0.4, -0.2) is 6.66 Å². The molecule has 0 aliphatic heterocycles. The van der Waals surface area contributed by atoms with Gasteiger partial charge in [0, 0.05) is 0 Å². The van der Waals surface area contributed by atoms with Crippen molar-refractivity contribution in [2.75, 3.05) is 6.66 Å². The number of halogens is 3. The summed E-state index contributed by atoms with van der Waals surface area (Å²) in [6, 6.07) is 0. The van der Waals surface area contributed by atoms with Gasteiger partial charge in [-0.05, 0) is 27.0 Å². The van der Waals surface area contributed by atoms with Crippen molar-refractivity contribution in [3.63, 3.8) is 0 Å². The van der Waals surface area contributed by atoms with Crippen LogP contribution in [-0.2, 0) is 0 Å². The second-order valence-corrected chi connectivity index (χ2v) is 6.69. The smallest absolute Gasteiger partial charge is 0.0478 e. The van der Waals surface area contributed by atoms with Gasteiger partial charge in [0.05, 0.1) is 0 Å². The van der Waals surface area contributed by atoms with Crippen molar-refractivity contribution in [3.8, 4) is 0 Å². The van der Waals surface area contributed by atoms with Gasteiger partial charge in [0.1, 0.15) is 6.66 Å². The van der Waals surface area contributed by atoms with Gasteiger partial charge in [-0.3, -0.25) is 0 Å². The fraction of sp³-hybridized carbons (Fsp3) is 1.00. The molecule has 0 spiro atoms. The van der Waals surface area contributed by atoms with Gasteiger partial charge in [0.15, 0.2) is 11.2 Å². The molecule has 1 atom stereocenters. The quantitative estimate of drug-likeness (QED) is 0.560. The Hall–Kier alpha value is 1.40. The summed E-state index contributed by atoms with van der Waals surface area (Å²) in [6.07, 6.45) is 0. The SMILES string of the molecule is C[P+](Cl)=NP(Cl)Cl. The van der Waals surface area contributed by atoms with Crippen LogP contribution in [0.3, 0.4) is 0 Å². The Kier molecular flexibility index (Phi) is 5.15. The van der Waals surface area contributed by atoms with Crippen LogP contribution in [0.25, 0.3) is 0 Å². The minimum Gasteiger partial charge on any atom is -0.0478 e. The summed E-state index contributed by atoms with van der Waals surface area (Å²) in [5.41, 5.74) is 0. The molecule has 0 aromatic carbocycles. The molecule has 0 saturated carbocycles. The molecule has 0 aromatic rings. The maximum Gasteiger partial charge on any atom is 0.319 e. The lowest BCUT2D eigenvalue weighted by Crippen LogP contribution is -1.31. The normalized spacial score (nSPS) is 13.0. The molecule has 0 saturated heterocycles. The van der Waals surface area contributed by atoms with Gasteiger partial charge in [-0.2, -0.15) is 0 Å². The molecule has 6 heteroatoms. The Bertz CT molecular complexity index is 77.0. The zero-order valence-corrected chi connectivity index (χ0v) is 7.53. The van der Waals surface area contributed by atoms with Crippen LogP contribution >= 0.6 is 47.6 Å². The first-order valence-corrected chi connectivity index (χ1v) is 7.11. The third-order valence-electron chi connectivity index (χ3n) is 0.191. The summed E-state index contributed by atoms with van der Waals surface area (Å²) < 4.78 is 3.70. The maximum absolute atomic E-state index is 5.42. The van der Waals surface area contributed by atoms with Crippen molar-refractivity contribution >= 4 is 47.6 Å². The molecule has 7 heavy (non-hydrogen) atoms. The molecule has 0 radical (unpaired) electrons. The van der Waals surface area contributed by atoms with E-state index in [1.165, 1.54) is 0 Å². The lowest BCUT2D eigenvalue weighted by Gasteiger charge is -1.74. The number of nitrogens with zero attached hydrogens (tertiary/aromatic N) is 1. The second-order valence-electron chi connectivity index (χ2n) is 0.749. The van der Waals surface area contributed by atoms with Gasteiger partial charge >= 0.3 is 7.07 Å². The Morgan fingerprint density at radius 2 is 2.00 bits per heavy atom. The summed E-state index contributed by atoms with van der Waals surface area (Å²) >= 11 is 16.0. The van der Waals surface area contributed by atoms with E-state index in [0.717, 1.165) is 0 Å². The van der Waals surface area contributed by atoms with Crippen LogP contribution in [0.1, 0.15) is 0 Å². The van der Waals surface area contributed by atoms with Crippen LogP contribution in [0.4, 0.5) is 0 Å². The van der Waals surface area contributed by atoms with E-state index in [-0.39, 0.29) is 0 Å². The lowest BCUT2D eigenvalue weighted by atomic mass is 12.0. The molecule has 0 fully saturated rings. The number of rotatable bonds is 1. The fourth-order valence-electron chi connectivity index (χ4n) is 0.0932. The first-order valence-electron chi connectivity index (χ1n) is 1.35. The standard InChI is InChI=1S/CH3Cl3NP2/c1-6(2)5-7(3)4/h1H3/q+1. The van der Waals surface area contributed by atoms with Crippen molar-refractivity contribution in [1.82, 2.24) is 0 Å². The fourth-order valence-corrected chi connectivity index (χ4v) is 3.90. The van der Waals surface area contributed by atoms with E-state index in [9.17, 15) is 0 Å². The van der Waals surface area contributed by atoms with E-state index >= 15 is 0 Å². The summed E-state index contributed by atoms with van der Waals surface area (Å²) in [7, 11) is -0.778. The van der Waals surface area contributed by atoms with E-state index < -0.39 is 13.8 Å². The molecule has 0 heterocycles. The van der Waals surface area contributed by atoms with Crippen molar-refractivity contribution in [1.29, 1.82) is 0 Å². The van der Waals surface area contributed by atoms with E-state index in [1.807, 2.05) is 0 Å². The monoisotopic (exact) mass is 196 g/mol. The zero-order chi connectivity index (χ0) is 5.86. The van der Waals surface area contributed by atoms with Gasteiger partial charge < -0.3 is 0 Å². The first kappa shape index (κ1) is 8.40. The summed E-state index contributed by atoms with van der Waals surface area (Å²) in [6.45, 7) is 0.601. The zero-order valence-electron chi connectivity index (χ0n) is 3.48. The van der Waals surface area contributed by atoms with E-state index in [0.29, 0.717) is 0 Å². The molecule has 42 valence electrons. The molecule has 1 unspecified atom stereocenters. The summed E-state index contributed by atoms with van der Waals surface area (Å²) in [4.78, 5) is 0. The van der Waals surface area contributed by atoms with Gasteiger partial charge in [-0.15, -0.1) is 0 Å².